The Kier molecular flexibility index (Phi) is 7.77. The minimum absolute atomic E-state index is 0.416. The lowest BCUT2D eigenvalue weighted by molar-refractivity contribution is 0.754. The molecule has 0 amide bonds. The van der Waals surface area contributed by atoms with Crippen LogP contribution in [0.15, 0.2) is 73.1 Å². The van der Waals surface area contributed by atoms with Gasteiger partial charge in [0.25, 0.3) is 0 Å². The minimum Gasteiger partial charge on any atom is -0.363 e. The van der Waals surface area contributed by atoms with Crippen molar-refractivity contribution in [2.45, 2.75) is 25.9 Å². The van der Waals surface area contributed by atoms with Crippen LogP contribution >= 0.6 is 0 Å². The van der Waals surface area contributed by atoms with Crippen LogP contribution in [0.4, 0.5) is 11.4 Å². The topological polar surface area (TPSA) is 79.8 Å². The van der Waals surface area contributed by atoms with Crippen LogP contribution in [0.25, 0.3) is 0 Å². The van der Waals surface area contributed by atoms with Gasteiger partial charge in [-0.25, -0.2) is 0 Å². The first-order chi connectivity index (χ1) is 14.8. The zero-order valence-corrected chi connectivity index (χ0v) is 16.9. The molecule has 0 saturated carbocycles. The number of para-hydroxylation sites is 2. The van der Waals surface area contributed by atoms with Gasteiger partial charge in [0.2, 0.25) is 0 Å². The second-order valence-corrected chi connectivity index (χ2v) is 6.79. The molecule has 0 unspecified atom stereocenters. The Morgan fingerprint density at radius 1 is 0.633 bits per heavy atom. The number of rotatable bonds is 10. The van der Waals surface area contributed by atoms with E-state index < -0.39 is 0 Å². The van der Waals surface area contributed by atoms with Crippen molar-refractivity contribution in [1.29, 1.82) is 10.5 Å². The van der Waals surface area contributed by atoms with Crippen LogP contribution in [0.2, 0.25) is 0 Å². The number of nitrogens with zero attached hydrogens (tertiary/aromatic N) is 6. The van der Waals surface area contributed by atoms with Gasteiger partial charge in [0, 0.05) is 25.5 Å². The van der Waals surface area contributed by atoms with Gasteiger partial charge in [-0.15, -0.1) is 0 Å². The van der Waals surface area contributed by atoms with Gasteiger partial charge in [-0.05, 0) is 36.4 Å². The van der Waals surface area contributed by atoms with E-state index in [0.29, 0.717) is 39.0 Å². The maximum Gasteiger partial charge on any atom is 0.0640 e. The summed E-state index contributed by atoms with van der Waals surface area (Å²) in [4.78, 5) is 13.3. The van der Waals surface area contributed by atoms with Crippen molar-refractivity contribution in [3.05, 3.63) is 84.4 Å². The number of hydrogen-bond acceptors (Lipinski definition) is 6. The van der Waals surface area contributed by atoms with Crippen molar-refractivity contribution >= 4 is 11.4 Å². The van der Waals surface area contributed by atoms with E-state index >= 15 is 0 Å². The summed E-state index contributed by atoms with van der Waals surface area (Å²) in [5.74, 6) is 0. The smallest absolute Gasteiger partial charge is 0.0640 e. The minimum atomic E-state index is 0.416. The molecule has 0 aliphatic rings. The lowest BCUT2D eigenvalue weighted by Crippen LogP contribution is -2.30. The Morgan fingerprint density at radius 3 is 1.43 bits per heavy atom. The Labute approximate surface area is 177 Å². The predicted octanol–water partition coefficient (Wildman–Crippen LogP) is 4.32. The van der Waals surface area contributed by atoms with E-state index in [1.807, 2.05) is 48.5 Å². The molecule has 0 fully saturated rings. The Bertz CT molecular complexity index is 909. The van der Waals surface area contributed by atoms with E-state index in [1.165, 1.54) is 0 Å². The first-order valence-electron chi connectivity index (χ1n) is 9.94. The van der Waals surface area contributed by atoms with E-state index in [4.69, 9.17) is 0 Å². The second-order valence-electron chi connectivity index (χ2n) is 6.79. The molecular formula is C24H24N6. The van der Waals surface area contributed by atoms with Crippen molar-refractivity contribution in [2.24, 2.45) is 0 Å². The molecule has 30 heavy (non-hydrogen) atoms. The maximum absolute atomic E-state index is 9.17. The van der Waals surface area contributed by atoms with Crippen LogP contribution in [0.3, 0.4) is 0 Å². The lowest BCUT2D eigenvalue weighted by Gasteiger charge is -2.31. The molecule has 0 aliphatic carbocycles. The second kappa shape index (κ2) is 11.2. The zero-order valence-electron chi connectivity index (χ0n) is 16.9. The van der Waals surface area contributed by atoms with Crippen molar-refractivity contribution in [3.63, 3.8) is 0 Å². The fraction of sp³-hybridized carbons (Fsp3) is 0.250. The van der Waals surface area contributed by atoms with Crippen molar-refractivity contribution in [2.75, 3.05) is 22.9 Å². The van der Waals surface area contributed by atoms with E-state index in [2.05, 4.69) is 44.0 Å². The fourth-order valence-electron chi connectivity index (χ4n) is 3.31. The van der Waals surface area contributed by atoms with Gasteiger partial charge in [0.15, 0.2) is 0 Å². The monoisotopic (exact) mass is 396 g/mol. The van der Waals surface area contributed by atoms with E-state index in [1.54, 1.807) is 12.4 Å². The number of anilines is 2. The molecule has 0 bridgehead atoms. The SMILES string of the molecule is N#CCCN(Cc1ccccn1)c1ccccc1N(CCC#N)Cc1ccccn1. The third kappa shape index (κ3) is 5.80. The van der Waals surface area contributed by atoms with Gasteiger partial charge in [-0.1, -0.05) is 24.3 Å². The molecule has 0 N–H and O–H groups in total. The molecule has 150 valence electrons. The summed E-state index contributed by atoms with van der Waals surface area (Å²) in [6, 6.07) is 24.3. The summed E-state index contributed by atoms with van der Waals surface area (Å²) in [5.41, 5.74) is 3.93. The van der Waals surface area contributed by atoms with E-state index in [0.717, 1.165) is 22.8 Å². The average molecular weight is 396 g/mol. The van der Waals surface area contributed by atoms with Crippen LogP contribution in [-0.2, 0) is 13.1 Å². The normalized spacial score (nSPS) is 10.1. The molecule has 0 saturated heterocycles. The van der Waals surface area contributed by atoms with Crippen LogP contribution < -0.4 is 9.80 Å². The standard InChI is InChI=1S/C24H24N6/c25-13-7-17-29(19-21-9-3-5-15-27-21)23-11-1-2-12-24(23)30(18-8-14-26)20-22-10-4-6-16-28-22/h1-6,9-12,15-16H,7-8,17-20H2. The number of aromatic nitrogens is 2. The number of benzene rings is 1. The molecule has 6 nitrogen and oxygen atoms in total. The van der Waals surface area contributed by atoms with Crippen LogP contribution in [0, 0.1) is 22.7 Å². The molecule has 2 heterocycles. The van der Waals surface area contributed by atoms with Crippen molar-refractivity contribution in [1.82, 2.24) is 9.97 Å². The van der Waals surface area contributed by atoms with E-state index in [-0.39, 0.29) is 0 Å². The van der Waals surface area contributed by atoms with Crippen molar-refractivity contribution < 1.29 is 0 Å². The third-order valence-corrected chi connectivity index (χ3v) is 4.71. The molecule has 3 rings (SSSR count). The number of pyridine rings is 2. The van der Waals surface area contributed by atoms with Crippen LogP contribution in [0.1, 0.15) is 24.2 Å². The van der Waals surface area contributed by atoms with Crippen LogP contribution in [-0.4, -0.2) is 23.1 Å². The summed E-state index contributed by atoms with van der Waals surface area (Å²) >= 11 is 0. The van der Waals surface area contributed by atoms with E-state index in [9.17, 15) is 10.5 Å². The average Bonchev–Trinajstić information content (AvgIpc) is 2.81. The first-order valence-corrected chi connectivity index (χ1v) is 9.94. The highest BCUT2D eigenvalue weighted by Gasteiger charge is 2.17. The molecule has 0 radical (unpaired) electrons. The highest BCUT2D eigenvalue weighted by atomic mass is 15.2. The summed E-state index contributed by atoms with van der Waals surface area (Å²) in [6.45, 7) is 2.41. The summed E-state index contributed by atoms with van der Waals surface area (Å²) in [6.07, 6.45) is 4.40. The molecule has 6 heteroatoms. The molecule has 1 aromatic carbocycles. The summed E-state index contributed by atoms with van der Waals surface area (Å²) in [5, 5.41) is 18.3. The van der Waals surface area contributed by atoms with Gasteiger partial charge in [-0.2, -0.15) is 10.5 Å². The molecule has 0 aliphatic heterocycles. The first kappa shape index (κ1) is 20.8. The highest BCUT2D eigenvalue weighted by molar-refractivity contribution is 5.71. The molecular weight excluding hydrogens is 372 g/mol. The highest BCUT2D eigenvalue weighted by Crippen LogP contribution is 2.31. The van der Waals surface area contributed by atoms with Crippen molar-refractivity contribution in [3.8, 4) is 12.1 Å². The number of nitriles is 2. The third-order valence-electron chi connectivity index (χ3n) is 4.71. The summed E-state index contributed by atoms with van der Waals surface area (Å²) in [7, 11) is 0. The van der Waals surface area contributed by atoms with Gasteiger partial charge < -0.3 is 9.80 Å². The van der Waals surface area contributed by atoms with Crippen LogP contribution in [0.5, 0.6) is 0 Å². The summed E-state index contributed by atoms with van der Waals surface area (Å²) < 4.78 is 0. The van der Waals surface area contributed by atoms with Gasteiger partial charge in [0.1, 0.15) is 0 Å². The fourth-order valence-corrected chi connectivity index (χ4v) is 3.31. The molecule has 2 aromatic heterocycles. The van der Waals surface area contributed by atoms with Gasteiger partial charge in [0.05, 0.1) is 60.8 Å². The zero-order chi connectivity index (χ0) is 21.0. The van der Waals surface area contributed by atoms with Gasteiger partial charge in [-0.3, -0.25) is 9.97 Å². The predicted molar refractivity (Wildman–Crippen MR) is 117 cm³/mol. The maximum atomic E-state index is 9.17. The quantitative estimate of drug-likeness (QED) is 0.508. The Balaban J connectivity index is 1.94. The molecule has 3 aromatic rings. The largest absolute Gasteiger partial charge is 0.363 e. The molecule has 0 spiro atoms. The Morgan fingerprint density at radius 2 is 1.07 bits per heavy atom. The molecule has 0 atom stereocenters. The Hall–Kier alpha value is -3.90. The number of hydrogen-bond donors (Lipinski definition) is 0. The van der Waals surface area contributed by atoms with Gasteiger partial charge >= 0.3 is 0 Å². The lowest BCUT2D eigenvalue weighted by atomic mass is 10.1.